The third-order valence-corrected chi connectivity index (χ3v) is 4.03. The summed E-state index contributed by atoms with van der Waals surface area (Å²) in [5, 5.41) is 20.1. The molecule has 1 aliphatic rings. The molecule has 0 radical (unpaired) electrons. The van der Waals surface area contributed by atoms with Crippen LogP contribution in [-0.2, 0) is 0 Å². The molecule has 2 heterocycles. The highest BCUT2D eigenvalue weighted by Gasteiger charge is 2.31. The molecular formula is C16H17ClN2O3. The number of benzene rings is 1. The summed E-state index contributed by atoms with van der Waals surface area (Å²) in [4.78, 5) is 6.24. The lowest BCUT2D eigenvalue weighted by atomic mass is 10.1. The number of aromatic nitrogens is 1. The predicted octanol–water partition coefficient (Wildman–Crippen LogP) is 1.95. The number of halogens is 1. The van der Waals surface area contributed by atoms with Gasteiger partial charge in [0, 0.05) is 24.8 Å². The Morgan fingerprint density at radius 3 is 2.50 bits per heavy atom. The van der Waals surface area contributed by atoms with E-state index in [0.29, 0.717) is 23.9 Å². The van der Waals surface area contributed by atoms with Crippen LogP contribution in [0.1, 0.15) is 0 Å². The van der Waals surface area contributed by atoms with Crippen molar-refractivity contribution >= 4 is 17.3 Å². The summed E-state index contributed by atoms with van der Waals surface area (Å²) in [6.07, 6.45) is 0.0934. The summed E-state index contributed by atoms with van der Waals surface area (Å²) < 4.78 is 5.57. The molecule has 5 nitrogen and oxygen atoms in total. The first-order valence-electron chi connectivity index (χ1n) is 7.00. The van der Waals surface area contributed by atoms with Crippen molar-refractivity contribution in [1.82, 2.24) is 4.98 Å². The first kappa shape index (κ1) is 15.1. The molecule has 2 N–H and O–H groups in total. The lowest BCUT2D eigenvalue weighted by Crippen LogP contribution is -2.22. The van der Waals surface area contributed by atoms with Gasteiger partial charge in [0.05, 0.1) is 35.7 Å². The minimum Gasteiger partial charge on any atom is -0.494 e. The molecule has 2 unspecified atom stereocenters. The van der Waals surface area contributed by atoms with Crippen LogP contribution in [0.25, 0.3) is 11.3 Å². The molecule has 6 heteroatoms. The highest BCUT2D eigenvalue weighted by atomic mass is 35.5. The molecule has 0 amide bonds. The van der Waals surface area contributed by atoms with E-state index in [9.17, 15) is 10.2 Å². The SMILES string of the molecule is COc1c(-c2ccc(Cl)cn2)cccc1N1CC(O)C(O)C1. The van der Waals surface area contributed by atoms with E-state index >= 15 is 0 Å². The molecule has 22 heavy (non-hydrogen) atoms. The van der Waals surface area contributed by atoms with Crippen LogP contribution in [0, 0.1) is 0 Å². The number of para-hydroxylation sites is 1. The summed E-state index contributed by atoms with van der Waals surface area (Å²) in [5.74, 6) is 0.665. The van der Waals surface area contributed by atoms with Gasteiger partial charge in [-0.05, 0) is 24.3 Å². The lowest BCUT2D eigenvalue weighted by Gasteiger charge is -2.22. The number of aliphatic hydroxyl groups is 2. The number of β-amino-alcohol motifs (C(OH)–C–C–N with tert-alkyl or cyclic N) is 2. The van der Waals surface area contributed by atoms with Gasteiger partial charge in [-0.15, -0.1) is 0 Å². The maximum absolute atomic E-state index is 9.75. The zero-order valence-electron chi connectivity index (χ0n) is 12.1. The van der Waals surface area contributed by atoms with Crippen molar-refractivity contribution in [3.05, 3.63) is 41.6 Å². The molecular weight excluding hydrogens is 304 g/mol. The Balaban J connectivity index is 2.02. The van der Waals surface area contributed by atoms with Gasteiger partial charge in [0.2, 0.25) is 0 Å². The van der Waals surface area contributed by atoms with E-state index in [1.807, 2.05) is 29.2 Å². The molecule has 1 aromatic heterocycles. The van der Waals surface area contributed by atoms with Crippen molar-refractivity contribution in [2.75, 3.05) is 25.1 Å². The Morgan fingerprint density at radius 2 is 1.91 bits per heavy atom. The molecule has 1 aliphatic heterocycles. The van der Waals surface area contributed by atoms with E-state index in [1.54, 1.807) is 19.4 Å². The van der Waals surface area contributed by atoms with Crippen molar-refractivity contribution in [2.45, 2.75) is 12.2 Å². The van der Waals surface area contributed by atoms with E-state index in [1.165, 1.54) is 0 Å². The fourth-order valence-electron chi connectivity index (χ4n) is 2.69. The van der Waals surface area contributed by atoms with Gasteiger partial charge in [-0.2, -0.15) is 0 Å². The van der Waals surface area contributed by atoms with Gasteiger partial charge in [-0.1, -0.05) is 17.7 Å². The summed E-state index contributed by atoms with van der Waals surface area (Å²) in [6.45, 7) is 0.740. The second-order valence-corrected chi connectivity index (χ2v) is 5.70. The maximum Gasteiger partial charge on any atom is 0.151 e. The van der Waals surface area contributed by atoms with Crippen molar-refractivity contribution in [2.24, 2.45) is 0 Å². The second-order valence-electron chi connectivity index (χ2n) is 5.26. The summed E-state index contributed by atoms with van der Waals surface area (Å²) in [5.41, 5.74) is 2.42. The topological polar surface area (TPSA) is 65.8 Å². The van der Waals surface area contributed by atoms with E-state index in [2.05, 4.69) is 4.98 Å². The van der Waals surface area contributed by atoms with Gasteiger partial charge in [-0.3, -0.25) is 4.98 Å². The number of hydrogen-bond acceptors (Lipinski definition) is 5. The normalized spacial score (nSPS) is 21.2. The molecule has 3 rings (SSSR count). The van der Waals surface area contributed by atoms with Crippen LogP contribution in [0.4, 0.5) is 5.69 Å². The number of methoxy groups -OCH3 is 1. The molecule has 1 aromatic carbocycles. The zero-order valence-corrected chi connectivity index (χ0v) is 12.9. The Morgan fingerprint density at radius 1 is 1.18 bits per heavy atom. The fourth-order valence-corrected chi connectivity index (χ4v) is 2.80. The number of rotatable bonds is 3. The predicted molar refractivity (Wildman–Crippen MR) is 85.5 cm³/mol. The number of anilines is 1. The van der Waals surface area contributed by atoms with Crippen LogP contribution < -0.4 is 9.64 Å². The monoisotopic (exact) mass is 320 g/mol. The number of ether oxygens (including phenoxy) is 1. The average molecular weight is 321 g/mol. The number of pyridine rings is 1. The number of hydrogen-bond donors (Lipinski definition) is 2. The molecule has 0 bridgehead atoms. The van der Waals surface area contributed by atoms with Gasteiger partial charge in [-0.25, -0.2) is 0 Å². The standard InChI is InChI=1S/C16H17ClN2O3/c1-22-16-11(12-6-5-10(17)7-18-12)3-2-4-13(16)19-8-14(20)15(21)9-19/h2-7,14-15,20-21H,8-9H2,1H3. The largest absolute Gasteiger partial charge is 0.494 e. The van der Waals surface area contributed by atoms with Gasteiger partial charge >= 0.3 is 0 Å². The minimum atomic E-state index is -0.748. The van der Waals surface area contributed by atoms with Crippen LogP contribution in [0.5, 0.6) is 5.75 Å². The van der Waals surface area contributed by atoms with Crippen LogP contribution in [-0.4, -0.2) is 47.6 Å². The van der Waals surface area contributed by atoms with Crippen LogP contribution in [0.2, 0.25) is 5.02 Å². The summed E-state index contributed by atoms with van der Waals surface area (Å²) >= 11 is 5.88. The average Bonchev–Trinajstić information content (AvgIpc) is 2.86. The zero-order chi connectivity index (χ0) is 15.7. The Bertz CT molecular complexity index is 653. The second kappa shape index (κ2) is 6.12. The molecule has 2 atom stereocenters. The van der Waals surface area contributed by atoms with E-state index in [0.717, 1.165) is 16.9 Å². The Labute approximate surface area is 133 Å². The van der Waals surface area contributed by atoms with Crippen LogP contribution in [0.3, 0.4) is 0 Å². The third kappa shape index (κ3) is 2.75. The van der Waals surface area contributed by atoms with E-state index < -0.39 is 12.2 Å². The quantitative estimate of drug-likeness (QED) is 0.905. The van der Waals surface area contributed by atoms with Gasteiger partial charge in [0.25, 0.3) is 0 Å². The fraction of sp³-hybridized carbons (Fsp3) is 0.312. The van der Waals surface area contributed by atoms with Crippen molar-refractivity contribution in [3.8, 4) is 17.0 Å². The van der Waals surface area contributed by atoms with Gasteiger partial charge in [0.1, 0.15) is 0 Å². The molecule has 0 aliphatic carbocycles. The van der Waals surface area contributed by atoms with E-state index in [4.69, 9.17) is 16.3 Å². The number of aliphatic hydroxyl groups excluding tert-OH is 2. The van der Waals surface area contributed by atoms with Crippen molar-refractivity contribution in [1.29, 1.82) is 0 Å². The molecule has 0 spiro atoms. The Hall–Kier alpha value is -1.82. The minimum absolute atomic E-state index is 0.370. The molecule has 2 aromatic rings. The summed E-state index contributed by atoms with van der Waals surface area (Å²) in [7, 11) is 1.60. The van der Waals surface area contributed by atoms with E-state index in [-0.39, 0.29) is 0 Å². The summed E-state index contributed by atoms with van der Waals surface area (Å²) in [6, 6.07) is 9.34. The first-order chi connectivity index (χ1) is 10.6. The lowest BCUT2D eigenvalue weighted by molar-refractivity contribution is 0.0572. The van der Waals surface area contributed by atoms with Gasteiger partial charge < -0.3 is 19.8 Å². The molecule has 1 fully saturated rings. The van der Waals surface area contributed by atoms with Crippen LogP contribution >= 0.6 is 11.6 Å². The highest BCUT2D eigenvalue weighted by molar-refractivity contribution is 6.30. The van der Waals surface area contributed by atoms with Crippen LogP contribution in [0.15, 0.2) is 36.5 Å². The smallest absolute Gasteiger partial charge is 0.151 e. The Kier molecular flexibility index (Phi) is 4.20. The number of nitrogens with zero attached hydrogens (tertiary/aromatic N) is 2. The third-order valence-electron chi connectivity index (χ3n) is 3.80. The molecule has 116 valence electrons. The maximum atomic E-state index is 9.75. The highest BCUT2D eigenvalue weighted by Crippen LogP contribution is 2.39. The first-order valence-corrected chi connectivity index (χ1v) is 7.38. The molecule has 0 saturated carbocycles. The molecule has 1 saturated heterocycles. The van der Waals surface area contributed by atoms with Crippen molar-refractivity contribution in [3.63, 3.8) is 0 Å². The van der Waals surface area contributed by atoms with Crippen molar-refractivity contribution < 1.29 is 14.9 Å². The van der Waals surface area contributed by atoms with Gasteiger partial charge in [0.15, 0.2) is 5.75 Å².